The quantitative estimate of drug-likeness (QED) is 0.448. The minimum absolute atomic E-state index is 0.122. The Labute approximate surface area is 189 Å². The van der Waals surface area contributed by atoms with Crippen LogP contribution < -0.4 is 4.74 Å². The maximum atomic E-state index is 13.8. The van der Waals surface area contributed by atoms with Gasteiger partial charge in [0.25, 0.3) is 0 Å². The highest BCUT2D eigenvalue weighted by Crippen LogP contribution is 2.33. The Morgan fingerprint density at radius 3 is 2.76 bits per heavy atom. The Kier molecular flexibility index (Phi) is 5.45. The number of hydrogen-bond donors (Lipinski definition) is 0. The molecule has 33 heavy (non-hydrogen) atoms. The number of halogens is 2. The van der Waals surface area contributed by atoms with Crippen LogP contribution in [0, 0.1) is 18.6 Å². The third kappa shape index (κ3) is 4.13. The molecule has 0 radical (unpaired) electrons. The van der Waals surface area contributed by atoms with Crippen molar-refractivity contribution in [1.82, 2.24) is 29.3 Å². The van der Waals surface area contributed by atoms with E-state index in [1.54, 1.807) is 25.7 Å². The van der Waals surface area contributed by atoms with Crippen molar-refractivity contribution in [3.8, 4) is 11.6 Å². The molecule has 5 rings (SSSR count). The van der Waals surface area contributed by atoms with Gasteiger partial charge in [-0.25, -0.2) is 28.4 Å². The van der Waals surface area contributed by atoms with Gasteiger partial charge in [-0.15, -0.1) is 0 Å². The molecule has 0 saturated heterocycles. The molecular formula is C24H22F2N6O. The van der Waals surface area contributed by atoms with E-state index >= 15 is 0 Å². The van der Waals surface area contributed by atoms with Crippen LogP contribution in [0.4, 0.5) is 8.78 Å². The van der Waals surface area contributed by atoms with E-state index in [0.717, 1.165) is 42.5 Å². The summed E-state index contributed by atoms with van der Waals surface area (Å²) in [4.78, 5) is 13.4. The number of aryl methyl sites for hydroxylation is 2. The van der Waals surface area contributed by atoms with E-state index in [1.165, 1.54) is 6.07 Å². The molecule has 9 heteroatoms. The molecule has 1 aromatic carbocycles. The maximum absolute atomic E-state index is 13.8. The molecular weight excluding hydrogens is 426 g/mol. The van der Waals surface area contributed by atoms with E-state index in [0.29, 0.717) is 23.0 Å². The average molecular weight is 448 g/mol. The average Bonchev–Trinajstić information content (AvgIpc) is 3.45. The van der Waals surface area contributed by atoms with E-state index in [9.17, 15) is 8.78 Å². The number of ether oxygens (including phenoxy) is 1. The van der Waals surface area contributed by atoms with Crippen LogP contribution in [0.3, 0.4) is 0 Å². The van der Waals surface area contributed by atoms with Gasteiger partial charge in [0.05, 0.1) is 12.8 Å². The van der Waals surface area contributed by atoms with Crippen molar-refractivity contribution in [2.24, 2.45) is 0 Å². The van der Waals surface area contributed by atoms with Crippen molar-refractivity contribution >= 4 is 12.2 Å². The number of nitrogens with zero attached hydrogens (tertiary/aromatic N) is 6. The third-order valence-corrected chi connectivity index (χ3v) is 5.69. The molecule has 4 heterocycles. The number of aromatic nitrogens is 6. The standard InChI is InChI=1S/C24H22F2N6O/c1-15-13-31(14-28-15)24-21(33-2)10-16(12-27-24)5-8-22-29-23-18(4-3-9-32(23)30-22)17-6-7-19(25)20(26)11-17/h5-8,10-14,18H,3-4,9H2,1-2H3/b8-5+/t18-/m0/s1. The Balaban J connectivity index is 1.41. The first-order chi connectivity index (χ1) is 16.0. The monoisotopic (exact) mass is 448 g/mol. The minimum Gasteiger partial charge on any atom is -0.493 e. The highest BCUT2D eigenvalue weighted by molar-refractivity contribution is 5.67. The van der Waals surface area contributed by atoms with Crippen LogP contribution in [0.1, 0.15) is 47.2 Å². The molecule has 168 valence electrons. The summed E-state index contributed by atoms with van der Waals surface area (Å²) in [6.07, 6.45) is 10.7. The second kappa shape index (κ2) is 8.57. The molecule has 1 aliphatic heterocycles. The summed E-state index contributed by atoms with van der Waals surface area (Å²) in [6, 6.07) is 5.91. The summed E-state index contributed by atoms with van der Waals surface area (Å²) < 4.78 is 36.3. The number of benzene rings is 1. The Hall–Kier alpha value is -3.88. The second-order valence-electron chi connectivity index (χ2n) is 7.97. The van der Waals surface area contributed by atoms with E-state index in [4.69, 9.17) is 4.74 Å². The van der Waals surface area contributed by atoms with Gasteiger partial charge >= 0.3 is 0 Å². The van der Waals surface area contributed by atoms with Crippen LogP contribution >= 0.6 is 0 Å². The zero-order valence-corrected chi connectivity index (χ0v) is 18.2. The molecule has 0 saturated carbocycles. The molecule has 0 aliphatic carbocycles. The molecule has 0 amide bonds. The van der Waals surface area contributed by atoms with Gasteiger partial charge in [0, 0.05) is 24.9 Å². The van der Waals surface area contributed by atoms with Crippen molar-refractivity contribution in [3.05, 3.63) is 83.1 Å². The molecule has 7 nitrogen and oxygen atoms in total. The molecule has 4 aromatic rings. The maximum Gasteiger partial charge on any atom is 0.180 e. The van der Waals surface area contributed by atoms with Crippen LogP contribution in [-0.2, 0) is 6.54 Å². The minimum atomic E-state index is -0.849. The highest BCUT2D eigenvalue weighted by Gasteiger charge is 2.26. The summed E-state index contributed by atoms with van der Waals surface area (Å²) in [5.41, 5.74) is 2.42. The van der Waals surface area contributed by atoms with Gasteiger partial charge in [-0.2, -0.15) is 5.10 Å². The lowest BCUT2D eigenvalue weighted by atomic mass is 9.91. The van der Waals surface area contributed by atoms with E-state index in [1.807, 2.05) is 40.6 Å². The summed E-state index contributed by atoms with van der Waals surface area (Å²) in [5, 5.41) is 4.58. The first kappa shape index (κ1) is 21.0. The summed E-state index contributed by atoms with van der Waals surface area (Å²) in [7, 11) is 1.60. The molecule has 0 bridgehead atoms. The molecule has 0 fully saturated rings. The van der Waals surface area contributed by atoms with Gasteiger partial charge in [-0.1, -0.05) is 6.07 Å². The predicted octanol–water partition coefficient (Wildman–Crippen LogP) is 4.55. The van der Waals surface area contributed by atoms with Gasteiger partial charge in [-0.05, 0) is 61.2 Å². The lowest BCUT2D eigenvalue weighted by molar-refractivity contribution is 0.410. The molecule has 3 aromatic heterocycles. The first-order valence-corrected chi connectivity index (χ1v) is 10.6. The molecule has 0 N–H and O–H groups in total. The van der Waals surface area contributed by atoms with Crippen molar-refractivity contribution in [3.63, 3.8) is 0 Å². The SMILES string of the molecule is COc1cc(/C=C/c2nc3n(n2)CCC[C@H]3c2ccc(F)c(F)c2)cnc1-n1cnc(C)c1. The van der Waals surface area contributed by atoms with Crippen molar-refractivity contribution in [1.29, 1.82) is 0 Å². The summed E-state index contributed by atoms with van der Waals surface area (Å²) >= 11 is 0. The third-order valence-electron chi connectivity index (χ3n) is 5.69. The fraction of sp³-hybridized carbons (Fsp3) is 0.250. The van der Waals surface area contributed by atoms with Crippen molar-refractivity contribution in [2.45, 2.75) is 32.2 Å². The number of hydrogen-bond acceptors (Lipinski definition) is 5. The summed E-state index contributed by atoms with van der Waals surface area (Å²) in [6.45, 7) is 2.65. The van der Waals surface area contributed by atoms with Crippen LogP contribution in [-0.4, -0.2) is 36.4 Å². The predicted molar refractivity (Wildman–Crippen MR) is 119 cm³/mol. The van der Waals surface area contributed by atoms with Gasteiger partial charge < -0.3 is 4.74 Å². The smallest absolute Gasteiger partial charge is 0.180 e. The zero-order chi connectivity index (χ0) is 22.9. The fourth-order valence-corrected chi connectivity index (χ4v) is 4.08. The summed E-state index contributed by atoms with van der Waals surface area (Å²) in [5.74, 6) is 0.757. The van der Waals surface area contributed by atoms with Crippen LogP contribution in [0.2, 0.25) is 0 Å². The molecule has 0 spiro atoms. The number of pyridine rings is 1. The molecule has 0 unspecified atom stereocenters. The van der Waals surface area contributed by atoms with Crippen LogP contribution in [0.25, 0.3) is 18.0 Å². The highest BCUT2D eigenvalue weighted by atomic mass is 19.2. The van der Waals surface area contributed by atoms with Crippen molar-refractivity contribution in [2.75, 3.05) is 7.11 Å². The van der Waals surface area contributed by atoms with Crippen molar-refractivity contribution < 1.29 is 13.5 Å². The van der Waals surface area contributed by atoms with Gasteiger partial charge in [0.2, 0.25) is 0 Å². The number of imidazole rings is 1. The molecule has 1 aliphatic rings. The Bertz CT molecular complexity index is 1340. The Morgan fingerprint density at radius 2 is 2.00 bits per heavy atom. The lowest BCUT2D eigenvalue weighted by Gasteiger charge is -2.22. The number of rotatable bonds is 5. The number of fused-ring (bicyclic) bond motifs is 1. The molecule has 1 atom stereocenters. The number of methoxy groups -OCH3 is 1. The topological polar surface area (TPSA) is 70.7 Å². The van der Waals surface area contributed by atoms with Gasteiger partial charge in [-0.3, -0.25) is 4.57 Å². The van der Waals surface area contributed by atoms with E-state index in [2.05, 4.69) is 20.1 Å². The largest absolute Gasteiger partial charge is 0.493 e. The Morgan fingerprint density at radius 1 is 1.12 bits per heavy atom. The van der Waals surface area contributed by atoms with Gasteiger partial charge in [0.1, 0.15) is 12.2 Å². The van der Waals surface area contributed by atoms with Crippen LogP contribution in [0.15, 0.2) is 43.0 Å². The zero-order valence-electron chi connectivity index (χ0n) is 18.2. The van der Waals surface area contributed by atoms with E-state index in [-0.39, 0.29) is 5.92 Å². The van der Waals surface area contributed by atoms with E-state index < -0.39 is 11.6 Å². The second-order valence-corrected chi connectivity index (χ2v) is 7.97. The normalized spacial score (nSPS) is 15.7. The lowest BCUT2D eigenvalue weighted by Crippen LogP contribution is -2.18. The van der Waals surface area contributed by atoms with Gasteiger partial charge in [0.15, 0.2) is 29.0 Å². The first-order valence-electron chi connectivity index (χ1n) is 10.6. The van der Waals surface area contributed by atoms with Crippen LogP contribution in [0.5, 0.6) is 5.75 Å². The fourth-order valence-electron chi connectivity index (χ4n) is 4.08.